The lowest BCUT2D eigenvalue weighted by Crippen LogP contribution is -2.20. The predicted octanol–water partition coefficient (Wildman–Crippen LogP) is 2.54. The fourth-order valence-corrected chi connectivity index (χ4v) is 1.65. The van der Waals surface area contributed by atoms with Gasteiger partial charge in [-0.2, -0.15) is 0 Å². The van der Waals surface area contributed by atoms with Crippen molar-refractivity contribution in [3.8, 4) is 0 Å². The topological polar surface area (TPSA) is 69.7 Å². The first-order valence-corrected chi connectivity index (χ1v) is 7.07. The average Bonchev–Trinajstić information content (AvgIpc) is 2.51. The van der Waals surface area contributed by atoms with Gasteiger partial charge >= 0.3 is 11.9 Å². The van der Waals surface area contributed by atoms with Gasteiger partial charge < -0.3 is 9.47 Å². The van der Waals surface area contributed by atoms with E-state index in [0.717, 1.165) is 19.3 Å². The van der Waals surface area contributed by atoms with Crippen LogP contribution in [0.5, 0.6) is 0 Å². The van der Waals surface area contributed by atoms with Crippen molar-refractivity contribution in [3.63, 3.8) is 0 Å². The molecule has 1 aromatic rings. The quantitative estimate of drug-likeness (QED) is 0.303. The van der Waals surface area contributed by atoms with Crippen molar-refractivity contribution in [1.82, 2.24) is 0 Å². The van der Waals surface area contributed by atoms with Crippen LogP contribution in [0.25, 0.3) is 0 Å². The third-order valence-corrected chi connectivity index (χ3v) is 2.79. The van der Waals surface area contributed by atoms with Crippen LogP contribution in [0.2, 0.25) is 0 Å². The zero-order valence-corrected chi connectivity index (χ0v) is 12.2. The zero-order chi connectivity index (χ0) is 15.5. The molecule has 0 atom stereocenters. The summed E-state index contributed by atoms with van der Waals surface area (Å²) < 4.78 is 9.67. The van der Waals surface area contributed by atoms with E-state index in [9.17, 15) is 14.4 Å². The Labute approximate surface area is 124 Å². The van der Waals surface area contributed by atoms with Crippen molar-refractivity contribution in [2.45, 2.75) is 32.6 Å². The molecule has 0 unspecified atom stereocenters. The molecule has 0 aliphatic rings. The molecule has 0 bridgehead atoms. The SMILES string of the molecule is CCCCCC(=O)OCCOC(=O)C(=O)c1ccccc1. The number of carbonyl (C=O) groups is 3. The highest BCUT2D eigenvalue weighted by molar-refractivity contribution is 6.40. The summed E-state index contributed by atoms with van der Waals surface area (Å²) >= 11 is 0. The van der Waals surface area contributed by atoms with Gasteiger partial charge in [0.25, 0.3) is 5.78 Å². The first kappa shape index (κ1) is 16.9. The molecule has 0 aromatic heterocycles. The van der Waals surface area contributed by atoms with Crippen LogP contribution in [0, 0.1) is 0 Å². The first-order chi connectivity index (χ1) is 10.1. The van der Waals surface area contributed by atoms with Gasteiger partial charge in [0.05, 0.1) is 0 Å². The Morgan fingerprint density at radius 1 is 0.952 bits per heavy atom. The number of hydrogen-bond donors (Lipinski definition) is 0. The van der Waals surface area contributed by atoms with Gasteiger partial charge in [-0.25, -0.2) is 4.79 Å². The lowest BCUT2D eigenvalue weighted by molar-refractivity contribution is -0.149. The second-order valence-electron chi connectivity index (χ2n) is 4.51. The largest absolute Gasteiger partial charge is 0.462 e. The van der Waals surface area contributed by atoms with Gasteiger partial charge in [0, 0.05) is 12.0 Å². The number of hydrogen-bond acceptors (Lipinski definition) is 5. The minimum absolute atomic E-state index is 0.0290. The number of rotatable bonds is 9. The summed E-state index contributed by atoms with van der Waals surface area (Å²) in [4.78, 5) is 34.4. The van der Waals surface area contributed by atoms with E-state index in [1.807, 2.05) is 0 Å². The van der Waals surface area contributed by atoms with Crippen LogP contribution in [-0.2, 0) is 19.1 Å². The monoisotopic (exact) mass is 292 g/mol. The van der Waals surface area contributed by atoms with Crippen molar-refractivity contribution in [2.24, 2.45) is 0 Å². The summed E-state index contributed by atoms with van der Waals surface area (Å²) in [6.45, 7) is 1.91. The van der Waals surface area contributed by atoms with Crippen molar-refractivity contribution in [3.05, 3.63) is 35.9 Å². The maximum atomic E-state index is 11.7. The molecule has 0 aliphatic heterocycles. The smallest absolute Gasteiger partial charge is 0.379 e. The predicted molar refractivity (Wildman–Crippen MR) is 76.8 cm³/mol. The van der Waals surface area contributed by atoms with Gasteiger partial charge in [-0.3, -0.25) is 9.59 Å². The van der Waals surface area contributed by atoms with Gasteiger partial charge in [0.2, 0.25) is 0 Å². The molecule has 0 radical (unpaired) electrons. The number of unbranched alkanes of at least 4 members (excludes halogenated alkanes) is 2. The highest BCUT2D eigenvalue weighted by Crippen LogP contribution is 2.02. The lowest BCUT2D eigenvalue weighted by Gasteiger charge is -2.06. The number of Topliss-reactive ketones (excluding diaryl/α,β-unsaturated/α-hetero) is 1. The van der Waals surface area contributed by atoms with Gasteiger partial charge in [-0.05, 0) is 6.42 Å². The molecule has 1 rings (SSSR count). The molecule has 21 heavy (non-hydrogen) atoms. The summed E-state index contributed by atoms with van der Waals surface area (Å²) in [5, 5.41) is 0. The van der Waals surface area contributed by atoms with E-state index in [0.29, 0.717) is 6.42 Å². The summed E-state index contributed by atoms with van der Waals surface area (Å²) in [6.07, 6.45) is 3.18. The summed E-state index contributed by atoms with van der Waals surface area (Å²) in [5.41, 5.74) is 0.277. The van der Waals surface area contributed by atoms with Crippen molar-refractivity contribution in [1.29, 1.82) is 0 Å². The molecule has 0 heterocycles. The van der Waals surface area contributed by atoms with E-state index >= 15 is 0 Å². The average molecular weight is 292 g/mol. The number of benzene rings is 1. The van der Waals surface area contributed by atoms with Crippen LogP contribution in [-0.4, -0.2) is 30.9 Å². The van der Waals surface area contributed by atoms with E-state index in [2.05, 4.69) is 6.92 Å². The van der Waals surface area contributed by atoms with Gasteiger partial charge in [0.15, 0.2) is 0 Å². The molecule has 0 saturated carbocycles. The number of esters is 2. The van der Waals surface area contributed by atoms with Crippen LogP contribution in [0.1, 0.15) is 43.0 Å². The Hall–Kier alpha value is -2.17. The second kappa shape index (κ2) is 9.69. The molecule has 0 fully saturated rings. The maximum Gasteiger partial charge on any atom is 0.379 e. The minimum atomic E-state index is -0.941. The van der Waals surface area contributed by atoms with E-state index < -0.39 is 11.8 Å². The van der Waals surface area contributed by atoms with Crippen LogP contribution in [0.15, 0.2) is 30.3 Å². The van der Waals surface area contributed by atoms with E-state index in [1.165, 1.54) is 12.1 Å². The fourth-order valence-electron chi connectivity index (χ4n) is 1.65. The zero-order valence-electron chi connectivity index (χ0n) is 12.2. The van der Waals surface area contributed by atoms with E-state index in [1.54, 1.807) is 18.2 Å². The van der Waals surface area contributed by atoms with Gasteiger partial charge in [0.1, 0.15) is 13.2 Å². The Kier molecular flexibility index (Phi) is 7.79. The molecule has 0 N–H and O–H groups in total. The Balaban J connectivity index is 2.19. The molecule has 0 aliphatic carbocycles. The number of ether oxygens (including phenoxy) is 2. The Morgan fingerprint density at radius 2 is 1.62 bits per heavy atom. The third kappa shape index (κ3) is 6.70. The third-order valence-electron chi connectivity index (χ3n) is 2.79. The van der Waals surface area contributed by atoms with Gasteiger partial charge in [-0.15, -0.1) is 0 Å². The van der Waals surface area contributed by atoms with E-state index in [4.69, 9.17) is 9.47 Å². The molecule has 5 nitrogen and oxygen atoms in total. The Bertz CT molecular complexity index is 467. The van der Waals surface area contributed by atoms with Crippen LogP contribution < -0.4 is 0 Å². The molecule has 0 amide bonds. The van der Waals surface area contributed by atoms with Crippen molar-refractivity contribution in [2.75, 3.05) is 13.2 Å². The molecular formula is C16H20O5. The Morgan fingerprint density at radius 3 is 2.29 bits per heavy atom. The first-order valence-electron chi connectivity index (χ1n) is 7.07. The molecule has 1 aromatic carbocycles. The van der Waals surface area contributed by atoms with E-state index in [-0.39, 0.29) is 24.7 Å². The molecule has 0 saturated heterocycles. The summed E-state index contributed by atoms with van der Waals surface area (Å²) in [7, 11) is 0. The highest BCUT2D eigenvalue weighted by Gasteiger charge is 2.17. The minimum Gasteiger partial charge on any atom is -0.462 e. The summed E-state index contributed by atoms with van der Waals surface area (Å²) in [5.74, 6) is -1.96. The van der Waals surface area contributed by atoms with Crippen LogP contribution in [0.3, 0.4) is 0 Å². The number of carbonyl (C=O) groups excluding carboxylic acids is 3. The normalized spacial score (nSPS) is 9.95. The van der Waals surface area contributed by atoms with Crippen LogP contribution >= 0.6 is 0 Å². The molecule has 0 spiro atoms. The van der Waals surface area contributed by atoms with Gasteiger partial charge in [-0.1, -0.05) is 50.1 Å². The lowest BCUT2D eigenvalue weighted by atomic mass is 10.1. The summed E-state index contributed by atoms with van der Waals surface area (Å²) in [6, 6.07) is 8.16. The molecule has 5 heteroatoms. The second-order valence-corrected chi connectivity index (χ2v) is 4.51. The highest BCUT2D eigenvalue weighted by atomic mass is 16.6. The molecular weight excluding hydrogens is 272 g/mol. The maximum absolute atomic E-state index is 11.7. The molecule has 114 valence electrons. The van der Waals surface area contributed by atoms with Crippen molar-refractivity contribution < 1.29 is 23.9 Å². The van der Waals surface area contributed by atoms with Crippen LogP contribution in [0.4, 0.5) is 0 Å². The number of ketones is 1. The standard InChI is InChI=1S/C16H20O5/c1-2-3-5-10-14(17)20-11-12-21-16(19)15(18)13-8-6-4-7-9-13/h4,6-9H,2-3,5,10-12H2,1H3. The van der Waals surface area contributed by atoms with Crippen molar-refractivity contribution >= 4 is 17.7 Å². The fraction of sp³-hybridized carbons (Fsp3) is 0.438.